The molecule has 6 nitrogen and oxygen atoms in total. The van der Waals surface area contributed by atoms with Crippen LogP contribution in [0.5, 0.6) is 0 Å². The van der Waals surface area contributed by atoms with E-state index in [0.717, 1.165) is 17.0 Å². The molecule has 2 aromatic heterocycles. The fourth-order valence-electron chi connectivity index (χ4n) is 3.67. The van der Waals surface area contributed by atoms with Gasteiger partial charge < -0.3 is 14.6 Å². The Balaban J connectivity index is 1.47. The van der Waals surface area contributed by atoms with Crippen LogP contribution < -0.4 is 5.32 Å². The predicted molar refractivity (Wildman–Crippen MR) is 109 cm³/mol. The van der Waals surface area contributed by atoms with Crippen molar-refractivity contribution in [3.8, 4) is 0 Å². The Morgan fingerprint density at radius 2 is 1.79 bits per heavy atom. The molecule has 1 aliphatic rings. The maximum absolute atomic E-state index is 13.2. The highest BCUT2D eigenvalue weighted by Gasteiger charge is 2.34. The SMILES string of the molecule is O=C1c2ccccc2N[C@H](c2cnn(Cc3ccccc3)c2)N1Cc1ccco1. The highest BCUT2D eigenvalue weighted by atomic mass is 16.3. The number of aromatic nitrogens is 2. The highest BCUT2D eigenvalue weighted by Crippen LogP contribution is 2.34. The summed E-state index contributed by atoms with van der Waals surface area (Å²) in [6.07, 6.45) is 5.10. The van der Waals surface area contributed by atoms with Crippen molar-refractivity contribution in [1.29, 1.82) is 0 Å². The molecule has 6 heteroatoms. The van der Waals surface area contributed by atoms with Crippen molar-refractivity contribution >= 4 is 11.6 Å². The molecule has 0 bridgehead atoms. The van der Waals surface area contributed by atoms with Crippen LogP contribution in [0, 0.1) is 0 Å². The molecular formula is C23H20N4O2. The van der Waals surface area contributed by atoms with Gasteiger partial charge in [0, 0.05) is 17.4 Å². The highest BCUT2D eigenvalue weighted by molar-refractivity contribution is 6.01. The molecule has 0 saturated carbocycles. The monoisotopic (exact) mass is 384 g/mol. The standard InChI is InChI=1S/C23H20N4O2/c28-23-20-10-4-5-11-21(20)25-22(27(23)16-19-9-6-12-29-19)18-13-24-26(15-18)14-17-7-2-1-3-8-17/h1-13,15,22,25H,14,16H2/t22-/m0/s1. The second-order valence-electron chi connectivity index (χ2n) is 7.06. The van der Waals surface area contributed by atoms with Crippen molar-refractivity contribution in [1.82, 2.24) is 14.7 Å². The average Bonchev–Trinajstić information content (AvgIpc) is 3.43. The van der Waals surface area contributed by atoms with Gasteiger partial charge in [-0.1, -0.05) is 42.5 Å². The van der Waals surface area contributed by atoms with E-state index in [2.05, 4.69) is 22.5 Å². The van der Waals surface area contributed by atoms with Crippen molar-refractivity contribution in [3.05, 3.63) is 108 Å². The topological polar surface area (TPSA) is 63.3 Å². The number of furan rings is 1. The van der Waals surface area contributed by atoms with Crippen molar-refractivity contribution in [2.24, 2.45) is 0 Å². The van der Waals surface area contributed by atoms with E-state index in [9.17, 15) is 4.79 Å². The molecule has 2 aromatic carbocycles. The Kier molecular flexibility index (Phi) is 4.37. The molecule has 5 rings (SSSR count). The van der Waals surface area contributed by atoms with Crippen molar-refractivity contribution in [3.63, 3.8) is 0 Å². The molecule has 0 saturated heterocycles. The first-order valence-corrected chi connectivity index (χ1v) is 9.53. The van der Waals surface area contributed by atoms with Crippen molar-refractivity contribution in [2.45, 2.75) is 19.3 Å². The van der Waals surface area contributed by atoms with Gasteiger partial charge in [-0.25, -0.2) is 0 Å². The van der Waals surface area contributed by atoms with Crippen LogP contribution in [-0.2, 0) is 13.1 Å². The third kappa shape index (κ3) is 3.40. The molecule has 4 aromatic rings. The van der Waals surface area contributed by atoms with Crippen LogP contribution in [-0.4, -0.2) is 20.6 Å². The average molecular weight is 384 g/mol. The largest absolute Gasteiger partial charge is 0.467 e. The number of hydrogen-bond donors (Lipinski definition) is 1. The summed E-state index contributed by atoms with van der Waals surface area (Å²) in [4.78, 5) is 15.0. The minimum absolute atomic E-state index is 0.0310. The number of carbonyl (C=O) groups excluding carboxylic acids is 1. The van der Waals surface area contributed by atoms with E-state index in [1.807, 2.05) is 71.7 Å². The molecule has 0 spiro atoms. The van der Waals surface area contributed by atoms with Crippen molar-refractivity contribution < 1.29 is 9.21 Å². The zero-order valence-corrected chi connectivity index (χ0v) is 15.7. The smallest absolute Gasteiger partial charge is 0.258 e. The van der Waals surface area contributed by atoms with Gasteiger partial charge in [0.15, 0.2) is 0 Å². The maximum Gasteiger partial charge on any atom is 0.258 e. The number of benzene rings is 2. The summed E-state index contributed by atoms with van der Waals surface area (Å²) < 4.78 is 7.39. The number of fused-ring (bicyclic) bond motifs is 1. The Morgan fingerprint density at radius 3 is 2.62 bits per heavy atom. The summed E-state index contributed by atoms with van der Waals surface area (Å²) in [6.45, 7) is 1.05. The minimum Gasteiger partial charge on any atom is -0.467 e. The van der Waals surface area contributed by atoms with Gasteiger partial charge in [-0.15, -0.1) is 0 Å². The van der Waals surface area contributed by atoms with Gasteiger partial charge in [0.2, 0.25) is 0 Å². The lowest BCUT2D eigenvalue weighted by Crippen LogP contribution is -2.42. The number of amides is 1. The van der Waals surface area contributed by atoms with Gasteiger partial charge in [0.25, 0.3) is 5.91 Å². The first-order valence-electron chi connectivity index (χ1n) is 9.53. The Hall–Kier alpha value is -3.80. The zero-order chi connectivity index (χ0) is 19.6. The lowest BCUT2D eigenvalue weighted by Gasteiger charge is -2.37. The third-order valence-electron chi connectivity index (χ3n) is 5.08. The van der Waals surface area contributed by atoms with E-state index in [1.165, 1.54) is 5.56 Å². The number of para-hydroxylation sites is 1. The number of rotatable bonds is 5. The van der Waals surface area contributed by atoms with E-state index in [-0.39, 0.29) is 12.1 Å². The first kappa shape index (κ1) is 17.3. The van der Waals surface area contributed by atoms with Crippen LogP contribution in [0.3, 0.4) is 0 Å². The first-order chi connectivity index (χ1) is 14.3. The molecule has 1 N–H and O–H groups in total. The molecule has 29 heavy (non-hydrogen) atoms. The minimum atomic E-state index is -0.327. The van der Waals surface area contributed by atoms with E-state index >= 15 is 0 Å². The number of hydrogen-bond acceptors (Lipinski definition) is 4. The Labute approximate surface area is 168 Å². The van der Waals surface area contributed by atoms with E-state index < -0.39 is 0 Å². The van der Waals surface area contributed by atoms with Crippen LogP contribution in [0.15, 0.2) is 89.8 Å². The third-order valence-corrected chi connectivity index (χ3v) is 5.08. The molecular weight excluding hydrogens is 364 g/mol. The second-order valence-corrected chi connectivity index (χ2v) is 7.06. The van der Waals surface area contributed by atoms with Gasteiger partial charge in [0.05, 0.1) is 31.1 Å². The summed E-state index contributed by atoms with van der Waals surface area (Å²) >= 11 is 0. The quantitative estimate of drug-likeness (QED) is 0.557. The molecule has 3 heterocycles. The zero-order valence-electron chi connectivity index (χ0n) is 15.7. The molecule has 1 atom stereocenters. The van der Waals surface area contributed by atoms with Crippen LogP contribution >= 0.6 is 0 Å². The van der Waals surface area contributed by atoms with Crippen LogP contribution in [0.25, 0.3) is 0 Å². The number of nitrogens with zero attached hydrogens (tertiary/aromatic N) is 3. The molecule has 0 fully saturated rings. The summed E-state index contributed by atoms with van der Waals surface area (Å²) in [5.41, 5.74) is 3.59. The summed E-state index contributed by atoms with van der Waals surface area (Å²) in [6, 6.07) is 21.5. The fourth-order valence-corrected chi connectivity index (χ4v) is 3.67. The van der Waals surface area contributed by atoms with Gasteiger partial charge in [-0.05, 0) is 29.8 Å². The van der Waals surface area contributed by atoms with Crippen LogP contribution in [0.2, 0.25) is 0 Å². The normalized spacial score (nSPS) is 15.8. The molecule has 0 aliphatic carbocycles. The Morgan fingerprint density at radius 1 is 0.966 bits per heavy atom. The fraction of sp³-hybridized carbons (Fsp3) is 0.130. The van der Waals surface area contributed by atoms with Gasteiger partial charge in [-0.2, -0.15) is 5.10 Å². The van der Waals surface area contributed by atoms with E-state index in [0.29, 0.717) is 18.7 Å². The number of anilines is 1. The maximum atomic E-state index is 13.2. The molecule has 0 unspecified atom stereocenters. The van der Waals surface area contributed by atoms with E-state index in [4.69, 9.17) is 4.42 Å². The molecule has 1 aliphatic heterocycles. The second kappa shape index (κ2) is 7.31. The number of nitrogens with one attached hydrogen (secondary N) is 1. The summed E-state index contributed by atoms with van der Waals surface area (Å²) in [7, 11) is 0. The lowest BCUT2D eigenvalue weighted by atomic mass is 10.1. The van der Waals surface area contributed by atoms with Crippen LogP contribution in [0.4, 0.5) is 5.69 Å². The Bertz CT molecular complexity index is 1120. The lowest BCUT2D eigenvalue weighted by molar-refractivity contribution is 0.0651. The van der Waals surface area contributed by atoms with Gasteiger partial charge >= 0.3 is 0 Å². The van der Waals surface area contributed by atoms with Gasteiger partial charge in [0.1, 0.15) is 11.9 Å². The molecule has 0 radical (unpaired) electrons. The number of carbonyl (C=O) groups is 1. The predicted octanol–water partition coefficient (Wildman–Crippen LogP) is 4.29. The molecule has 144 valence electrons. The van der Waals surface area contributed by atoms with Gasteiger partial charge in [-0.3, -0.25) is 9.48 Å². The van der Waals surface area contributed by atoms with Crippen LogP contribution in [0.1, 0.15) is 33.4 Å². The summed E-state index contributed by atoms with van der Waals surface area (Å²) in [5.74, 6) is 0.706. The van der Waals surface area contributed by atoms with Crippen molar-refractivity contribution in [2.75, 3.05) is 5.32 Å². The van der Waals surface area contributed by atoms with E-state index in [1.54, 1.807) is 11.2 Å². The molecule has 1 amide bonds. The summed E-state index contributed by atoms with van der Waals surface area (Å²) in [5, 5.41) is 8.01.